The Labute approximate surface area is 102 Å². The average Bonchev–Trinajstić information content (AvgIpc) is 2.83. The predicted octanol–water partition coefficient (Wildman–Crippen LogP) is 0.248. The van der Waals surface area contributed by atoms with Crippen LogP contribution in [-0.2, 0) is 11.8 Å². The third-order valence-corrected chi connectivity index (χ3v) is 3.13. The molecular weight excluding hydrogens is 216 g/mol. The van der Waals surface area contributed by atoms with E-state index < -0.39 is 0 Å². The highest BCUT2D eigenvalue weighted by Gasteiger charge is 2.34. The minimum Gasteiger partial charge on any atom is -0.354 e. The SMILES string of the molecule is CC(C)NC(=O)[C@H]1CNC[C@@H]1c1cnn(C)c1. The summed E-state index contributed by atoms with van der Waals surface area (Å²) in [5.41, 5.74) is 1.14. The van der Waals surface area contributed by atoms with Crippen LogP contribution in [0.15, 0.2) is 12.4 Å². The Bertz CT molecular complexity index is 399. The third-order valence-electron chi connectivity index (χ3n) is 3.13. The summed E-state index contributed by atoms with van der Waals surface area (Å²) in [5, 5.41) is 10.4. The molecule has 0 radical (unpaired) electrons. The highest BCUT2D eigenvalue weighted by molar-refractivity contribution is 5.80. The summed E-state index contributed by atoms with van der Waals surface area (Å²) >= 11 is 0. The zero-order chi connectivity index (χ0) is 12.4. The monoisotopic (exact) mass is 236 g/mol. The minimum absolute atomic E-state index is 0.0154. The molecule has 0 saturated carbocycles. The second-order valence-electron chi connectivity index (χ2n) is 4.98. The summed E-state index contributed by atoms with van der Waals surface area (Å²) < 4.78 is 1.78. The van der Waals surface area contributed by atoms with Crippen molar-refractivity contribution in [3.05, 3.63) is 18.0 Å². The van der Waals surface area contributed by atoms with Crippen molar-refractivity contribution in [2.45, 2.75) is 25.8 Å². The molecule has 1 fully saturated rings. The predicted molar refractivity (Wildman–Crippen MR) is 65.6 cm³/mol. The van der Waals surface area contributed by atoms with Crippen molar-refractivity contribution >= 4 is 5.91 Å². The van der Waals surface area contributed by atoms with Crippen molar-refractivity contribution in [1.29, 1.82) is 0 Å². The minimum atomic E-state index is 0.0154. The topological polar surface area (TPSA) is 59.0 Å². The first kappa shape index (κ1) is 12.1. The molecule has 2 heterocycles. The van der Waals surface area contributed by atoms with Crippen LogP contribution in [0.1, 0.15) is 25.3 Å². The number of amides is 1. The van der Waals surface area contributed by atoms with Crippen molar-refractivity contribution in [3.8, 4) is 0 Å². The highest BCUT2D eigenvalue weighted by Crippen LogP contribution is 2.27. The summed E-state index contributed by atoms with van der Waals surface area (Å²) in [6.45, 7) is 5.57. The fourth-order valence-corrected chi connectivity index (χ4v) is 2.33. The molecule has 0 unspecified atom stereocenters. The Balaban J connectivity index is 2.09. The van der Waals surface area contributed by atoms with Gasteiger partial charge < -0.3 is 10.6 Å². The number of nitrogens with one attached hydrogen (secondary N) is 2. The van der Waals surface area contributed by atoms with Crippen LogP contribution in [0.3, 0.4) is 0 Å². The standard InChI is InChI=1S/C12H20N4O/c1-8(2)15-12(17)11-6-13-5-10(11)9-4-14-16(3)7-9/h4,7-8,10-11,13H,5-6H2,1-3H3,(H,15,17)/t10-,11+/m1/s1. The van der Waals surface area contributed by atoms with Gasteiger partial charge in [-0.2, -0.15) is 5.10 Å². The molecule has 2 atom stereocenters. The second kappa shape index (κ2) is 4.87. The lowest BCUT2D eigenvalue weighted by molar-refractivity contribution is -0.125. The van der Waals surface area contributed by atoms with Gasteiger partial charge >= 0.3 is 0 Å². The van der Waals surface area contributed by atoms with Gasteiger partial charge in [-0.05, 0) is 19.4 Å². The van der Waals surface area contributed by atoms with Crippen LogP contribution in [0.2, 0.25) is 0 Å². The third kappa shape index (κ3) is 2.66. The van der Waals surface area contributed by atoms with Crippen LogP contribution in [0.5, 0.6) is 0 Å². The Kier molecular flexibility index (Phi) is 3.47. The molecule has 0 spiro atoms. The van der Waals surface area contributed by atoms with E-state index in [9.17, 15) is 4.79 Å². The number of aromatic nitrogens is 2. The van der Waals surface area contributed by atoms with Gasteiger partial charge in [-0.3, -0.25) is 9.48 Å². The summed E-state index contributed by atoms with van der Waals surface area (Å²) in [7, 11) is 1.90. The Morgan fingerprint density at radius 2 is 2.35 bits per heavy atom. The van der Waals surface area contributed by atoms with E-state index in [-0.39, 0.29) is 23.8 Å². The first-order valence-electron chi connectivity index (χ1n) is 6.07. The van der Waals surface area contributed by atoms with Crippen LogP contribution < -0.4 is 10.6 Å². The average molecular weight is 236 g/mol. The van der Waals surface area contributed by atoms with Gasteiger partial charge in [-0.1, -0.05) is 0 Å². The molecule has 1 aromatic rings. The van der Waals surface area contributed by atoms with Gasteiger partial charge in [0.05, 0.1) is 12.1 Å². The van der Waals surface area contributed by atoms with E-state index in [1.54, 1.807) is 4.68 Å². The maximum absolute atomic E-state index is 12.1. The van der Waals surface area contributed by atoms with Crippen LogP contribution in [0, 0.1) is 5.92 Å². The van der Waals surface area contributed by atoms with Crippen LogP contribution in [0.25, 0.3) is 0 Å². The Hall–Kier alpha value is -1.36. The van der Waals surface area contributed by atoms with Gasteiger partial charge in [0.2, 0.25) is 5.91 Å². The summed E-state index contributed by atoms with van der Waals surface area (Å²) in [5.74, 6) is 0.392. The smallest absolute Gasteiger partial charge is 0.225 e. The van der Waals surface area contributed by atoms with E-state index in [4.69, 9.17) is 0 Å². The van der Waals surface area contributed by atoms with Gasteiger partial charge in [-0.25, -0.2) is 0 Å². The van der Waals surface area contributed by atoms with Crippen molar-refractivity contribution in [2.24, 2.45) is 13.0 Å². The van der Waals surface area contributed by atoms with Crippen LogP contribution in [-0.4, -0.2) is 34.8 Å². The zero-order valence-corrected chi connectivity index (χ0v) is 10.6. The lowest BCUT2D eigenvalue weighted by Crippen LogP contribution is -2.38. The van der Waals surface area contributed by atoms with Crippen LogP contribution in [0.4, 0.5) is 0 Å². The number of hydrogen-bond donors (Lipinski definition) is 2. The van der Waals surface area contributed by atoms with E-state index in [2.05, 4.69) is 15.7 Å². The largest absolute Gasteiger partial charge is 0.354 e. The number of rotatable bonds is 3. The maximum Gasteiger partial charge on any atom is 0.225 e. The fourth-order valence-electron chi connectivity index (χ4n) is 2.33. The molecule has 1 aliphatic rings. The number of carbonyl (C=O) groups is 1. The van der Waals surface area contributed by atoms with Crippen molar-refractivity contribution in [3.63, 3.8) is 0 Å². The molecule has 0 aliphatic carbocycles. The maximum atomic E-state index is 12.1. The molecule has 0 bridgehead atoms. The second-order valence-corrected chi connectivity index (χ2v) is 4.98. The van der Waals surface area contributed by atoms with E-state index in [0.717, 1.165) is 18.7 Å². The van der Waals surface area contributed by atoms with E-state index in [1.807, 2.05) is 33.3 Å². The van der Waals surface area contributed by atoms with Crippen molar-refractivity contribution < 1.29 is 4.79 Å². The summed E-state index contributed by atoms with van der Waals surface area (Å²) in [6, 6.07) is 0.192. The lowest BCUT2D eigenvalue weighted by atomic mass is 9.90. The zero-order valence-electron chi connectivity index (χ0n) is 10.6. The normalized spacial score (nSPS) is 24.2. The summed E-state index contributed by atoms with van der Waals surface area (Å²) in [4.78, 5) is 12.1. The van der Waals surface area contributed by atoms with Gasteiger partial charge in [0.15, 0.2) is 0 Å². The number of carbonyl (C=O) groups excluding carboxylic acids is 1. The van der Waals surface area contributed by atoms with Crippen molar-refractivity contribution in [1.82, 2.24) is 20.4 Å². The lowest BCUT2D eigenvalue weighted by Gasteiger charge is -2.18. The highest BCUT2D eigenvalue weighted by atomic mass is 16.2. The van der Waals surface area contributed by atoms with E-state index in [0.29, 0.717) is 0 Å². The van der Waals surface area contributed by atoms with Gasteiger partial charge in [0.1, 0.15) is 0 Å². The summed E-state index contributed by atoms with van der Waals surface area (Å²) in [6.07, 6.45) is 3.85. The molecule has 1 amide bonds. The number of aryl methyl sites for hydroxylation is 1. The molecule has 1 saturated heterocycles. The van der Waals surface area contributed by atoms with Crippen molar-refractivity contribution in [2.75, 3.05) is 13.1 Å². The van der Waals surface area contributed by atoms with Gasteiger partial charge in [0.25, 0.3) is 0 Å². The molecule has 1 aromatic heterocycles. The molecule has 2 rings (SSSR count). The molecule has 5 heteroatoms. The molecular formula is C12H20N4O. The number of hydrogen-bond acceptors (Lipinski definition) is 3. The Morgan fingerprint density at radius 1 is 1.59 bits per heavy atom. The first-order valence-corrected chi connectivity index (χ1v) is 6.07. The van der Waals surface area contributed by atoms with E-state index >= 15 is 0 Å². The quantitative estimate of drug-likeness (QED) is 0.791. The molecule has 5 nitrogen and oxygen atoms in total. The van der Waals surface area contributed by atoms with Gasteiger partial charge in [0, 0.05) is 38.3 Å². The Morgan fingerprint density at radius 3 is 2.94 bits per heavy atom. The molecule has 2 N–H and O–H groups in total. The molecule has 17 heavy (non-hydrogen) atoms. The number of nitrogens with zero attached hydrogens (tertiary/aromatic N) is 2. The molecule has 1 aliphatic heterocycles. The fraction of sp³-hybridized carbons (Fsp3) is 0.667. The van der Waals surface area contributed by atoms with E-state index in [1.165, 1.54) is 0 Å². The van der Waals surface area contributed by atoms with Crippen LogP contribution >= 0.6 is 0 Å². The molecule has 94 valence electrons. The molecule has 0 aromatic carbocycles. The van der Waals surface area contributed by atoms with Gasteiger partial charge in [-0.15, -0.1) is 0 Å². The first-order chi connectivity index (χ1) is 8.08.